The molecule has 1 aromatic heterocycles. The van der Waals surface area contributed by atoms with Crippen molar-refractivity contribution in [3.63, 3.8) is 0 Å². The molecule has 4 heteroatoms. The zero-order chi connectivity index (χ0) is 13.7. The van der Waals surface area contributed by atoms with E-state index in [2.05, 4.69) is 38.8 Å². The number of aryl methyl sites for hydroxylation is 1. The standard InChI is InChI=1S/C15H17BrFNS/c1-2-18-15(8-6-12-4-3-9-19-12)13-10-11(16)5-7-14(13)17/h3-5,7,9-10,15,18H,2,6,8H2,1H3. The van der Waals surface area contributed by atoms with Crippen LogP contribution in [0.3, 0.4) is 0 Å². The molecule has 0 aliphatic heterocycles. The van der Waals surface area contributed by atoms with Gasteiger partial charge in [0.2, 0.25) is 0 Å². The molecule has 0 amide bonds. The van der Waals surface area contributed by atoms with E-state index in [9.17, 15) is 4.39 Å². The van der Waals surface area contributed by atoms with Gasteiger partial charge in [-0.2, -0.15) is 0 Å². The summed E-state index contributed by atoms with van der Waals surface area (Å²) in [5.41, 5.74) is 0.743. The van der Waals surface area contributed by atoms with Crippen molar-refractivity contribution in [1.29, 1.82) is 0 Å². The molecule has 19 heavy (non-hydrogen) atoms. The van der Waals surface area contributed by atoms with Crippen molar-refractivity contribution in [3.8, 4) is 0 Å². The van der Waals surface area contributed by atoms with Crippen LogP contribution in [0.15, 0.2) is 40.2 Å². The Morgan fingerprint density at radius 2 is 2.21 bits per heavy atom. The van der Waals surface area contributed by atoms with Crippen LogP contribution in [0.25, 0.3) is 0 Å². The number of hydrogen-bond acceptors (Lipinski definition) is 2. The fourth-order valence-electron chi connectivity index (χ4n) is 2.14. The highest BCUT2D eigenvalue weighted by Gasteiger charge is 2.15. The zero-order valence-electron chi connectivity index (χ0n) is 10.8. The Bertz CT molecular complexity index is 513. The first kappa shape index (κ1) is 14.7. The van der Waals surface area contributed by atoms with E-state index in [-0.39, 0.29) is 11.9 Å². The molecule has 0 aliphatic rings. The molecule has 1 heterocycles. The molecule has 2 aromatic rings. The fraction of sp³-hybridized carbons (Fsp3) is 0.333. The van der Waals surface area contributed by atoms with Gasteiger partial charge < -0.3 is 5.32 Å². The highest BCUT2D eigenvalue weighted by Crippen LogP contribution is 2.26. The summed E-state index contributed by atoms with van der Waals surface area (Å²) < 4.78 is 14.9. The lowest BCUT2D eigenvalue weighted by Crippen LogP contribution is -2.22. The summed E-state index contributed by atoms with van der Waals surface area (Å²) in [6.45, 7) is 2.88. The van der Waals surface area contributed by atoms with Gasteiger partial charge in [-0.25, -0.2) is 4.39 Å². The van der Waals surface area contributed by atoms with E-state index < -0.39 is 0 Å². The number of benzene rings is 1. The number of hydrogen-bond donors (Lipinski definition) is 1. The highest BCUT2D eigenvalue weighted by atomic mass is 79.9. The third kappa shape index (κ3) is 4.13. The van der Waals surface area contributed by atoms with Gasteiger partial charge in [-0.15, -0.1) is 11.3 Å². The second-order valence-corrected chi connectivity index (χ2v) is 6.34. The average molecular weight is 342 g/mol. The topological polar surface area (TPSA) is 12.0 Å². The van der Waals surface area contributed by atoms with E-state index in [0.717, 1.165) is 29.4 Å². The van der Waals surface area contributed by atoms with Crippen LogP contribution < -0.4 is 5.32 Å². The van der Waals surface area contributed by atoms with Crippen LogP contribution in [-0.4, -0.2) is 6.54 Å². The van der Waals surface area contributed by atoms with Crippen LogP contribution >= 0.6 is 27.3 Å². The lowest BCUT2D eigenvalue weighted by atomic mass is 10.0. The third-order valence-electron chi connectivity index (χ3n) is 3.04. The summed E-state index contributed by atoms with van der Waals surface area (Å²) >= 11 is 5.17. The number of thiophene rings is 1. The molecule has 2 rings (SSSR count). The largest absolute Gasteiger partial charge is 0.310 e. The van der Waals surface area contributed by atoms with Crippen molar-refractivity contribution in [1.82, 2.24) is 5.32 Å². The molecule has 0 fully saturated rings. The predicted octanol–water partition coefficient (Wildman–Crippen LogP) is 4.93. The van der Waals surface area contributed by atoms with Crippen molar-refractivity contribution in [2.24, 2.45) is 0 Å². The van der Waals surface area contributed by atoms with E-state index >= 15 is 0 Å². The Morgan fingerprint density at radius 1 is 1.37 bits per heavy atom. The minimum atomic E-state index is -0.139. The monoisotopic (exact) mass is 341 g/mol. The molecule has 0 radical (unpaired) electrons. The molecular weight excluding hydrogens is 325 g/mol. The average Bonchev–Trinajstić information content (AvgIpc) is 2.91. The smallest absolute Gasteiger partial charge is 0.128 e. The quantitative estimate of drug-likeness (QED) is 0.785. The third-order valence-corrected chi connectivity index (χ3v) is 4.47. The molecule has 102 valence electrons. The fourth-order valence-corrected chi connectivity index (χ4v) is 3.24. The second kappa shape index (κ2) is 7.17. The molecule has 1 nitrogen and oxygen atoms in total. The molecule has 1 atom stereocenters. The lowest BCUT2D eigenvalue weighted by Gasteiger charge is -2.19. The second-order valence-electron chi connectivity index (χ2n) is 4.39. The first-order chi connectivity index (χ1) is 9.20. The maximum absolute atomic E-state index is 14.0. The zero-order valence-corrected chi connectivity index (χ0v) is 13.2. The normalized spacial score (nSPS) is 12.6. The van der Waals surface area contributed by atoms with Gasteiger partial charge in [-0.05, 0) is 49.0 Å². The minimum Gasteiger partial charge on any atom is -0.310 e. The van der Waals surface area contributed by atoms with E-state index in [1.165, 1.54) is 10.9 Å². The maximum atomic E-state index is 14.0. The summed E-state index contributed by atoms with van der Waals surface area (Å²) in [4.78, 5) is 1.35. The van der Waals surface area contributed by atoms with Crippen LogP contribution in [0.2, 0.25) is 0 Å². The van der Waals surface area contributed by atoms with Crippen molar-refractivity contribution in [3.05, 3.63) is 56.4 Å². The molecular formula is C15H17BrFNS. The number of halogens is 2. The van der Waals surface area contributed by atoms with Gasteiger partial charge in [0.1, 0.15) is 5.82 Å². The predicted molar refractivity (Wildman–Crippen MR) is 83.2 cm³/mol. The summed E-state index contributed by atoms with van der Waals surface area (Å²) in [6, 6.07) is 9.38. The Balaban J connectivity index is 2.12. The van der Waals surface area contributed by atoms with Gasteiger partial charge in [0.05, 0.1) is 0 Å². The lowest BCUT2D eigenvalue weighted by molar-refractivity contribution is 0.486. The number of nitrogens with one attached hydrogen (secondary N) is 1. The minimum absolute atomic E-state index is 0.0598. The van der Waals surface area contributed by atoms with E-state index in [1.807, 2.05) is 13.0 Å². The van der Waals surface area contributed by atoms with Crippen molar-refractivity contribution in [2.75, 3.05) is 6.54 Å². The van der Waals surface area contributed by atoms with Crippen LogP contribution in [0, 0.1) is 5.82 Å². The molecule has 1 N–H and O–H groups in total. The number of rotatable bonds is 6. The Labute approximate surface area is 126 Å². The van der Waals surface area contributed by atoms with Crippen LogP contribution in [0.4, 0.5) is 4.39 Å². The molecule has 0 aliphatic carbocycles. The molecule has 0 saturated heterocycles. The molecule has 0 saturated carbocycles. The van der Waals surface area contributed by atoms with Gasteiger partial charge in [-0.1, -0.05) is 28.9 Å². The van der Waals surface area contributed by atoms with Gasteiger partial charge in [0.15, 0.2) is 0 Å². The first-order valence-corrected chi connectivity index (χ1v) is 8.08. The molecule has 1 unspecified atom stereocenters. The van der Waals surface area contributed by atoms with Crippen molar-refractivity contribution >= 4 is 27.3 Å². The molecule has 1 aromatic carbocycles. The van der Waals surface area contributed by atoms with Crippen molar-refractivity contribution < 1.29 is 4.39 Å². The van der Waals surface area contributed by atoms with E-state index in [4.69, 9.17) is 0 Å². The Morgan fingerprint density at radius 3 is 2.89 bits per heavy atom. The van der Waals surface area contributed by atoms with Gasteiger partial charge in [0, 0.05) is 21.0 Å². The molecule has 0 spiro atoms. The van der Waals surface area contributed by atoms with Crippen molar-refractivity contribution in [2.45, 2.75) is 25.8 Å². The Hall–Kier alpha value is -0.710. The Kier molecular flexibility index (Phi) is 5.55. The van der Waals surface area contributed by atoms with Gasteiger partial charge in [0.25, 0.3) is 0 Å². The van der Waals surface area contributed by atoms with Gasteiger partial charge >= 0.3 is 0 Å². The van der Waals surface area contributed by atoms with Crippen LogP contribution in [0.1, 0.15) is 29.8 Å². The van der Waals surface area contributed by atoms with E-state index in [1.54, 1.807) is 17.4 Å². The first-order valence-electron chi connectivity index (χ1n) is 6.41. The van der Waals surface area contributed by atoms with Gasteiger partial charge in [-0.3, -0.25) is 0 Å². The maximum Gasteiger partial charge on any atom is 0.128 e. The summed E-state index contributed by atoms with van der Waals surface area (Å²) in [7, 11) is 0. The summed E-state index contributed by atoms with van der Waals surface area (Å²) in [6.07, 6.45) is 1.88. The summed E-state index contributed by atoms with van der Waals surface area (Å²) in [5, 5.41) is 5.45. The summed E-state index contributed by atoms with van der Waals surface area (Å²) in [5.74, 6) is -0.139. The SMILES string of the molecule is CCNC(CCc1cccs1)c1cc(Br)ccc1F. The molecule has 0 bridgehead atoms. The van der Waals surface area contributed by atoms with Crippen LogP contribution in [0.5, 0.6) is 0 Å². The highest BCUT2D eigenvalue weighted by molar-refractivity contribution is 9.10. The van der Waals surface area contributed by atoms with Crippen LogP contribution in [-0.2, 0) is 6.42 Å². The van der Waals surface area contributed by atoms with E-state index in [0.29, 0.717) is 0 Å².